The first kappa shape index (κ1) is 28.2. The third-order valence-corrected chi connectivity index (χ3v) is 5.84. The lowest BCUT2D eigenvalue weighted by molar-refractivity contribution is -0.136. The Balaban J connectivity index is 1.39. The predicted molar refractivity (Wildman–Crippen MR) is 143 cm³/mol. The Morgan fingerprint density at radius 2 is 1.95 bits per heavy atom. The summed E-state index contributed by atoms with van der Waals surface area (Å²) in [5.41, 5.74) is 4.48. The van der Waals surface area contributed by atoms with Crippen LogP contribution in [0.3, 0.4) is 0 Å². The van der Waals surface area contributed by atoms with Gasteiger partial charge >= 0.3 is 12.0 Å². The van der Waals surface area contributed by atoms with Crippen LogP contribution < -0.4 is 25.5 Å². The second-order valence-electron chi connectivity index (χ2n) is 8.62. The largest absolute Gasteiger partial charge is 0.490 e. The SMILES string of the molecule is CCOc1cc([C@@H]2NC(=O)NC(C)=C2C(=O)OC)ccc1OC[C@@H](O)N/N=C\c1ccc(-c2ccc(F)cc2)o1. The van der Waals surface area contributed by atoms with Gasteiger partial charge in [-0.3, -0.25) is 5.43 Å². The summed E-state index contributed by atoms with van der Waals surface area (Å²) in [5, 5.41) is 19.6. The number of furan rings is 1. The van der Waals surface area contributed by atoms with Gasteiger partial charge in [0.25, 0.3) is 0 Å². The molecule has 4 rings (SSSR count). The molecule has 0 aliphatic carbocycles. The van der Waals surface area contributed by atoms with Crippen LogP contribution in [0.2, 0.25) is 0 Å². The van der Waals surface area contributed by atoms with Gasteiger partial charge in [0.05, 0.1) is 31.5 Å². The maximum atomic E-state index is 13.1. The molecule has 1 aromatic heterocycles. The molecule has 0 radical (unpaired) electrons. The molecule has 2 heterocycles. The van der Waals surface area contributed by atoms with Gasteiger partial charge in [-0.1, -0.05) is 6.07 Å². The van der Waals surface area contributed by atoms with Crippen LogP contribution in [0, 0.1) is 5.82 Å². The molecule has 2 atom stereocenters. The van der Waals surface area contributed by atoms with Gasteiger partial charge in [0.2, 0.25) is 0 Å². The number of nitrogens with zero attached hydrogens (tertiary/aromatic N) is 1. The van der Waals surface area contributed by atoms with Gasteiger partial charge < -0.3 is 34.4 Å². The number of halogens is 1. The van der Waals surface area contributed by atoms with Crippen molar-refractivity contribution in [2.45, 2.75) is 26.1 Å². The number of amides is 2. The van der Waals surface area contributed by atoms with Crippen molar-refractivity contribution in [1.82, 2.24) is 16.1 Å². The molecule has 11 nitrogen and oxygen atoms in total. The highest BCUT2D eigenvalue weighted by Gasteiger charge is 2.32. The van der Waals surface area contributed by atoms with Gasteiger partial charge in [-0.05, 0) is 67.9 Å². The number of esters is 1. The summed E-state index contributed by atoms with van der Waals surface area (Å²) in [7, 11) is 1.27. The van der Waals surface area contributed by atoms with Crippen LogP contribution in [-0.2, 0) is 9.53 Å². The fourth-order valence-electron chi connectivity index (χ4n) is 4.00. The molecule has 0 saturated heterocycles. The number of allylic oxidation sites excluding steroid dienone is 1. The van der Waals surface area contributed by atoms with E-state index in [9.17, 15) is 19.1 Å². The quantitative estimate of drug-likeness (QED) is 0.122. The van der Waals surface area contributed by atoms with Crippen molar-refractivity contribution in [2.24, 2.45) is 5.10 Å². The van der Waals surface area contributed by atoms with E-state index in [2.05, 4.69) is 21.2 Å². The third kappa shape index (κ3) is 6.77. The highest BCUT2D eigenvalue weighted by molar-refractivity contribution is 5.95. The van der Waals surface area contributed by atoms with Gasteiger partial charge in [0.15, 0.2) is 17.7 Å². The van der Waals surface area contributed by atoms with Crippen molar-refractivity contribution in [3.05, 3.63) is 83.0 Å². The van der Waals surface area contributed by atoms with Gasteiger partial charge in [-0.2, -0.15) is 5.10 Å². The van der Waals surface area contributed by atoms with E-state index in [1.165, 1.54) is 25.5 Å². The molecular weight excluding hydrogens is 523 g/mol. The summed E-state index contributed by atoms with van der Waals surface area (Å²) in [6.07, 6.45) is 0.218. The van der Waals surface area contributed by atoms with Crippen LogP contribution in [-0.4, -0.2) is 49.9 Å². The van der Waals surface area contributed by atoms with Gasteiger partial charge in [0, 0.05) is 11.3 Å². The molecule has 1 aliphatic heterocycles. The smallest absolute Gasteiger partial charge is 0.337 e. The average Bonchev–Trinajstić information content (AvgIpc) is 3.41. The first-order valence-corrected chi connectivity index (χ1v) is 12.4. The Bertz CT molecular complexity index is 1420. The Labute approximate surface area is 229 Å². The number of hydrogen-bond donors (Lipinski definition) is 4. The summed E-state index contributed by atoms with van der Waals surface area (Å²) in [5.74, 6) is 0.752. The number of urea groups is 1. The topological polar surface area (TPSA) is 144 Å². The van der Waals surface area contributed by atoms with E-state index in [4.69, 9.17) is 18.6 Å². The molecule has 0 bridgehead atoms. The fraction of sp³-hybridized carbons (Fsp3) is 0.250. The first-order valence-electron chi connectivity index (χ1n) is 12.4. The van der Waals surface area contributed by atoms with E-state index in [0.717, 1.165) is 0 Å². The number of methoxy groups -OCH3 is 1. The number of benzene rings is 2. The van der Waals surface area contributed by atoms with Crippen molar-refractivity contribution in [1.29, 1.82) is 0 Å². The van der Waals surface area contributed by atoms with Crippen LogP contribution >= 0.6 is 0 Å². The maximum Gasteiger partial charge on any atom is 0.337 e. The monoisotopic (exact) mass is 552 g/mol. The van der Waals surface area contributed by atoms with E-state index < -0.39 is 24.3 Å². The zero-order valence-electron chi connectivity index (χ0n) is 22.1. The minimum Gasteiger partial charge on any atom is -0.490 e. The first-order chi connectivity index (χ1) is 19.3. The predicted octanol–water partition coefficient (Wildman–Crippen LogP) is 3.61. The number of aliphatic hydroxyl groups excluding tert-OH is 1. The third-order valence-electron chi connectivity index (χ3n) is 5.84. The summed E-state index contributed by atoms with van der Waals surface area (Å²) in [6.45, 7) is 3.57. The molecule has 0 unspecified atom stereocenters. The van der Waals surface area contributed by atoms with E-state index in [1.807, 2.05) is 0 Å². The van der Waals surface area contributed by atoms with E-state index >= 15 is 0 Å². The van der Waals surface area contributed by atoms with Crippen LogP contribution in [0.5, 0.6) is 11.5 Å². The number of ether oxygens (including phenoxy) is 3. The summed E-state index contributed by atoms with van der Waals surface area (Å²) in [4.78, 5) is 24.5. The van der Waals surface area contributed by atoms with Crippen molar-refractivity contribution < 1.29 is 37.7 Å². The number of rotatable bonds is 11. The molecule has 0 fully saturated rings. The molecule has 210 valence electrons. The van der Waals surface area contributed by atoms with Gasteiger partial charge in [0.1, 0.15) is 23.9 Å². The van der Waals surface area contributed by atoms with Crippen molar-refractivity contribution in [3.8, 4) is 22.8 Å². The van der Waals surface area contributed by atoms with Crippen molar-refractivity contribution in [2.75, 3.05) is 20.3 Å². The molecule has 2 aromatic carbocycles. The Morgan fingerprint density at radius 1 is 1.18 bits per heavy atom. The summed E-state index contributed by atoms with van der Waals surface area (Å²) >= 11 is 0. The number of nitrogens with one attached hydrogen (secondary N) is 3. The second kappa shape index (κ2) is 12.8. The lowest BCUT2D eigenvalue weighted by Gasteiger charge is -2.28. The fourth-order valence-corrected chi connectivity index (χ4v) is 4.00. The molecule has 1 aliphatic rings. The Hall–Kier alpha value is -4.84. The Morgan fingerprint density at radius 3 is 2.67 bits per heavy atom. The van der Waals surface area contributed by atoms with E-state index in [0.29, 0.717) is 46.5 Å². The van der Waals surface area contributed by atoms with Crippen molar-refractivity contribution in [3.63, 3.8) is 0 Å². The molecule has 4 N–H and O–H groups in total. The standard InChI is InChI=1S/C28H29FN4O7/c1-4-38-23-13-18(26-25(27(35)37-3)16(2)31-28(36)32-26)7-11-22(23)39-15-24(34)33-30-14-20-10-12-21(40-20)17-5-8-19(29)9-6-17/h5-14,24,26,33-34H,4,15H2,1-3H3,(H2,31,32,36)/b30-14-/t24-,26+/m1/s1. The highest BCUT2D eigenvalue weighted by Crippen LogP contribution is 2.35. The molecule has 40 heavy (non-hydrogen) atoms. The summed E-state index contributed by atoms with van der Waals surface area (Å²) < 4.78 is 35.1. The van der Waals surface area contributed by atoms with Crippen LogP contribution in [0.4, 0.5) is 9.18 Å². The molecule has 2 amide bonds. The minimum absolute atomic E-state index is 0.174. The lowest BCUT2D eigenvalue weighted by atomic mass is 9.95. The molecule has 0 spiro atoms. The zero-order chi connectivity index (χ0) is 28.6. The number of hydrazone groups is 1. The molecule has 12 heteroatoms. The molecule has 0 saturated carbocycles. The van der Waals surface area contributed by atoms with Crippen molar-refractivity contribution >= 4 is 18.2 Å². The zero-order valence-corrected chi connectivity index (χ0v) is 22.1. The number of hydrogen-bond acceptors (Lipinski definition) is 9. The Kier molecular flexibility index (Phi) is 9.02. The second-order valence-corrected chi connectivity index (χ2v) is 8.62. The minimum atomic E-state index is -1.17. The van der Waals surface area contributed by atoms with E-state index in [1.54, 1.807) is 56.3 Å². The number of aliphatic hydroxyl groups is 1. The molecular formula is C28H29FN4O7. The highest BCUT2D eigenvalue weighted by atomic mass is 19.1. The number of carbonyl (C=O) groups excluding carboxylic acids is 2. The lowest BCUT2D eigenvalue weighted by Crippen LogP contribution is -2.45. The van der Waals surface area contributed by atoms with Crippen LogP contribution in [0.15, 0.2) is 75.4 Å². The normalized spacial score (nSPS) is 15.8. The van der Waals surface area contributed by atoms with E-state index in [-0.39, 0.29) is 18.0 Å². The number of carbonyl (C=O) groups is 2. The maximum absolute atomic E-state index is 13.1. The summed E-state index contributed by atoms with van der Waals surface area (Å²) in [6, 6.07) is 13.1. The molecule has 3 aromatic rings. The average molecular weight is 553 g/mol. The van der Waals surface area contributed by atoms with Gasteiger partial charge in [-0.15, -0.1) is 0 Å². The van der Waals surface area contributed by atoms with Crippen LogP contribution in [0.25, 0.3) is 11.3 Å². The van der Waals surface area contributed by atoms with Gasteiger partial charge in [-0.25, -0.2) is 14.0 Å². The van der Waals surface area contributed by atoms with Crippen LogP contribution in [0.1, 0.15) is 31.2 Å².